The van der Waals surface area contributed by atoms with Crippen molar-refractivity contribution in [2.75, 3.05) is 13.1 Å². The Morgan fingerprint density at radius 3 is 2.28 bits per heavy atom. The molecule has 0 aliphatic carbocycles. The second-order valence-electron chi connectivity index (χ2n) is 6.50. The van der Waals surface area contributed by atoms with E-state index >= 15 is 0 Å². The van der Waals surface area contributed by atoms with Crippen LogP contribution in [0.2, 0.25) is 0 Å². The monoisotopic (exact) mass is 416 g/mol. The highest BCUT2D eigenvalue weighted by Gasteiger charge is 2.37. The Bertz CT molecular complexity index is 681. The van der Waals surface area contributed by atoms with Gasteiger partial charge in [-0.1, -0.05) is 0 Å². The normalized spacial score (nSPS) is 17.8. The van der Waals surface area contributed by atoms with Crippen molar-refractivity contribution in [3.05, 3.63) is 0 Å². The summed E-state index contributed by atoms with van der Waals surface area (Å²) in [4.78, 5) is 70.1. The maximum Gasteiger partial charge on any atom is 0.326 e. The predicted molar refractivity (Wildman–Crippen MR) is 94.4 cm³/mol. The number of carboxylic acid groups (broad SMARTS) is 3. The summed E-state index contributed by atoms with van der Waals surface area (Å²) in [6, 6.07) is -3.71. The zero-order valence-corrected chi connectivity index (χ0v) is 15.5. The largest absolute Gasteiger partial charge is 0.481 e. The van der Waals surface area contributed by atoms with Crippen molar-refractivity contribution >= 4 is 35.6 Å². The minimum atomic E-state index is -1.37. The Morgan fingerprint density at radius 2 is 1.72 bits per heavy atom. The second kappa shape index (κ2) is 10.9. The van der Waals surface area contributed by atoms with Crippen molar-refractivity contribution in [1.82, 2.24) is 15.5 Å². The molecule has 0 aromatic heterocycles. The molecule has 0 spiro atoms. The van der Waals surface area contributed by atoms with Crippen LogP contribution in [0.1, 0.15) is 32.1 Å². The Labute approximate surface area is 165 Å². The van der Waals surface area contributed by atoms with Gasteiger partial charge in [-0.05, 0) is 19.3 Å². The smallest absolute Gasteiger partial charge is 0.326 e. The molecule has 29 heavy (non-hydrogen) atoms. The van der Waals surface area contributed by atoms with Crippen LogP contribution in [0.5, 0.6) is 0 Å². The number of nitrogens with one attached hydrogen (secondary N) is 2. The van der Waals surface area contributed by atoms with Gasteiger partial charge in [0.1, 0.15) is 12.1 Å². The molecular formula is C16H24N4O9. The first-order valence-corrected chi connectivity index (χ1v) is 8.82. The number of hydrogen-bond acceptors (Lipinski definition) is 7. The van der Waals surface area contributed by atoms with Gasteiger partial charge >= 0.3 is 17.9 Å². The summed E-state index contributed by atoms with van der Waals surface area (Å²) >= 11 is 0. The Balaban J connectivity index is 2.72. The van der Waals surface area contributed by atoms with Crippen molar-refractivity contribution in [1.29, 1.82) is 0 Å². The average Bonchev–Trinajstić information content (AvgIpc) is 3.11. The van der Waals surface area contributed by atoms with Crippen molar-refractivity contribution < 1.29 is 44.1 Å². The number of carboxylic acids is 3. The predicted octanol–water partition coefficient (Wildman–Crippen LogP) is -2.67. The van der Waals surface area contributed by atoms with Crippen LogP contribution < -0.4 is 16.4 Å². The first-order chi connectivity index (χ1) is 13.5. The van der Waals surface area contributed by atoms with Crippen LogP contribution in [0.15, 0.2) is 0 Å². The highest BCUT2D eigenvalue weighted by atomic mass is 16.4. The fourth-order valence-electron chi connectivity index (χ4n) is 2.84. The number of amides is 3. The number of likely N-dealkylation sites (tertiary alicyclic amines) is 1. The van der Waals surface area contributed by atoms with Gasteiger partial charge in [0, 0.05) is 13.0 Å². The van der Waals surface area contributed by atoms with E-state index in [0.29, 0.717) is 6.42 Å². The van der Waals surface area contributed by atoms with Crippen LogP contribution in [0.3, 0.4) is 0 Å². The minimum Gasteiger partial charge on any atom is -0.481 e. The zero-order valence-electron chi connectivity index (χ0n) is 15.5. The fourth-order valence-corrected chi connectivity index (χ4v) is 2.84. The van der Waals surface area contributed by atoms with Crippen molar-refractivity contribution in [3.8, 4) is 0 Å². The summed E-state index contributed by atoms with van der Waals surface area (Å²) in [6.07, 6.45) is -0.649. The molecule has 0 bridgehead atoms. The molecule has 1 saturated heterocycles. The highest BCUT2D eigenvalue weighted by Crippen LogP contribution is 2.19. The summed E-state index contributed by atoms with van der Waals surface area (Å²) in [6.45, 7) is -0.457. The molecule has 13 nitrogen and oxygen atoms in total. The molecule has 1 heterocycles. The molecule has 1 aliphatic rings. The van der Waals surface area contributed by atoms with Crippen LogP contribution in [0, 0.1) is 0 Å². The molecule has 1 aliphatic heterocycles. The van der Waals surface area contributed by atoms with E-state index in [4.69, 9.17) is 15.9 Å². The van der Waals surface area contributed by atoms with E-state index in [1.165, 1.54) is 0 Å². The lowest BCUT2D eigenvalue weighted by Crippen LogP contribution is -2.54. The van der Waals surface area contributed by atoms with E-state index in [1.54, 1.807) is 0 Å². The number of aliphatic carboxylic acids is 3. The molecule has 1 fully saturated rings. The van der Waals surface area contributed by atoms with E-state index in [2.05, 4.69) is 10.6 Å². The Kier molecular flexibility index (Phi) is 8.99. The molecule has 0 aromatic carbocycles. The number of carbonyl (C=O) groups is 6. The lowest BCUT2D eigenvalue weighted by molar-refractivity contribution is -0.149. The third-order valence-electron chi connectivity index (χ3n) is 4.26. The van der Waals surface area contributed by atoms with Gasteiger partial charge in [-0.15, -0.1) is 0 Å². The molecule has 162 valence electrons. The number of carbonyl (C=O) groups excluding carboxylic acids is 3. The molecule has 3 atom stereocenters. The van der Waals surface area contributed by atoms with Crippen LogP contribution in [0.4, 0.5) is 0 Å². The van der Waals surface area contributed by atoms with Crippen molar-refractivity contribution in [2.24, 2.45) is 5.73 Å². The van der Waals surface area contributed by atoms with Crippen LogP contribution in [-0.2, 0) is 28.8 Å². The highest BCUT2D eigenvalue weighted by molar-refractivity contribution is 5.93. The van der Waals surface area contributed by atoms with Gasteiger partial charge in [0.25, 0.3) is 0 Å². The van der Waals surface area contributed by atoms with E-state index < -0.39 is 73.1 Å². The first-order valence-electron chi connectivity index (χ1n) is 8.82. The van der Waals surface area contributed by atoms with Gasteiger partial charge in [0.05, 0.1) is 19.0 Å². The van der Waals surface area contributed by atoms with E-state index in [0.717, 1.165) is 4.90 Å². The van der Waals surface area contributed by atoms with Gasteiger partial charge in [-0.25, -0.2) is 4.79 Å². The van der Waals surface area contributed by atoms with Gasteiger partial charge in [0.15, 0.2) is 0 Å². The molecule has 7 N–H and O–H groups in total. The Morgan fingerprint density at radius 1 is 1.07 bits per heavy atom. The quantitative estimate of drug-likeness (QED) is 0.205. The molecule has 3 amide bonds. The van der Waals surface area contributed by atoms with Gasteiger partial charge in [-0.3, -0.25) is 24.0 Å². The van der Waals surface area contributed by atoms with Crippen molar-refractivity contribution in [3.63, 3.8) is 0 Å². The average molecular weight is 416 g/mol. The first kappa shape index (κ1) is 23.8. The fraction of sp³-hybridized carbons (Fsp3) is 0.625. The van der Waals surface area contributed by atoms with Crippen LogP contribution >= 0.6 is 0 Å². The number of hydrogen-bond donors (Lipinski definition) is 6. The summed E-state index contributed by atoms with van der Waals surface area (Å²) in [7, 11) is 0. The van der Waals surface area contributed by atoms with Gasteiger partial charge in [-0.2, -0.15) is 0 Å². The summed E-state index contributed by atoms with van der Waals surface area (Å²) in [5, 5.41) is 31.0. The standard InChI is InChI=1S/C16H24N4O9/c17-8(6-13(24)25)14(26)18-7-11(21)19-9(3-4-12(22)23)15(27)20-5-1-2-10(20)16(28)29/h8-10H,1-7,17H2,(H,18,26)(H,19,21)(H,22,23)(H,24,25)(H,28,29). The summed E-state index contributed by atoms with van der Waals surface area (Å²) < 4.78 is 0. The molecule has 0 radical (unpaired) electrons. The van der Waals surface area contributed by atoms with Crippen molar-refractivity contribution in [2.45, 2.75) is 50.2 Å². The number of nitrogens with two attached hydrogens (primary N) is 1. The summed E-state index contributed by atoms with van der Waals surface area (Å²) in [5.74, 6) is -6.15. The molecule has 0 aromatic rings. The van der Waals surface area contributed by atoms with Gasteiger partial charge < -0.3 is 36.6 Å². The minimum absolute atomic E-state index is 0.163. The summed E-state index contributed by atoms with van der Waals surface area (Å²) in [5.41, 5.74) is 5.35. The van der Waals surface area contributed by atoms with Gasteiger partial charge in [0.2, 0.25) is 17.7 Å². The maximum absolute atomic E-state index is 12.7. The number of rotatable bonds is 11. The van der Waals surface area contributed by atoms with E-state index in [-0.39, 0.29) is 19.4 Å². The Hall–Kier alpha value is -3.22. The molecule has 1 rings (SSSR count). The zero-order chi connectivity index (χ0) is 22.1. The SMILES string of the molecule is NC(CC(=O)O)C(=O)NCC(=O)NC(CCC(=O)O)C(=O)N1CCCC1C(=O)O. The third kappa shape index (κ3) is 7.73. The second-order valence-corrected chi connectivity index (χ2v) is 6.50. The lowest BCUT2D eigenvalue weighted by Gasteiger charge is -2.27. The lowest BCUT2D eigenvalue weighted by atomic mass is 10.1. The van der Waals surface area contributed by atoms with E-state index in [1.807, 2.05) is 0 Å². The maximum atomic E-state index is 12.7. The molecule has 0 saturated carbocycles. The molecule has 3 unspecified atom stereocenters. The van der Waals surface area contributed by atoms with Crippen LogP contribution in [0.25, 0.3) is 0 Å². The molecular weight excluding hydrogens is 392 g/mol. The topological polar surface area (TPSA) is 216 Å². The number of nitrogens with zero attached hydrogens (tertiary/aromatic N) is 1. The van der Waals surface area contributed by atoms with E-state index in [9.17, 15) is 33.9 Å². The molecule has 13 heteroatoms. The third-order valence-corrected chi connectivity index (χ3v) is 4.26. The van der Waals surface area contributed by atoms with Crippen LogP contribution in [-0.4, -0.2) is 87.1 Å².